The summed E-state index contributed by atoms with van der Waals surface area (Å²) in [5.74, 6) is -0.187. The molecule has 5 rings (SSSR count). The van der Waals surface area contributed by atoms with Crippen LogP contribution in [0.2, 0.25) is 0 Å². The van der Waals surface area contributed by atoms with Gasteiger partial charge in [0.2, 0.25) is 25.9 Å². The number of primary sulfonamides is 1. The average Bonchev–Trinajstić information content (AvgIpc) is 3.53. The standard InChI is InChI=1S/C18H19N9O5S2/c19-33(29,30)16-13(34(31,32)25-9-6-7-20-8-9)5-4-10(14(16)17-23-26-27-24-17)11-2-1-3-12-15(11)22-18(28)21-12/h1-5,9,20,25H,6-8H2,(H2,19,29,30)(H2,21,22,28)(H,23,24,26,27)/t9-/m1/s1. The number of nitrogens with two attached hydrogens (primary N) is 1. The first-order valence-electron chi connectivity index (χ1n) is 10.0. The molecule has 34 heavy (non-hydrogen) atoms. The highest BCUT2D eigenvalue weighted by Gasteiger charge is 2.34. The molecule has 178 valence electrons. The maximum atomic E-state index is 13.3. The lowest BCUT2D eigenvalue weighted by atomic mass is 9.98. The summed E-state index contributed by atoms with van der Waals surface area (Å²) in [7, 11) is -8.93. The number of nitrogens with one attached hydrogen (secondary N) is 5. The molecular weight excluding hydrogens is 486 g/mol. The number of nitrogens with zero attached hydrogens (tertiary/aromatic N) is 3. The van der Waals surface area contributed by atoms with Crippen LogP contribution in [0.25, 0.3) is 33.5 Å². The second-order valence-electron chi connectivity index (χ2n) is 7.71. The molecule has 1 saturated heterocycles. The number of hydrogen-bond donors (Lipinski definition) is 6. The van der Waals surface area contributed by atoms with E-state index in [1.165, 1.54) is 6.07 Å². The van der Waals surface area contributed by atoms with Gasteiger partial charge >= 0.3 is 5.69 Å². The molecule has 0 spiro atoms. The largest absolute Gasteiger partial charge is 0.323 e. The van der Waals surface area contributed by atoms with E-state index in [9.17, 15) is 21.6 Å². The van der Waals surface area contributed by atoms with Gasteiger partial charge in [-0.25, -0.2) is 31.5 Å². The summed E-state index contributed by atoms with van der Waals surface area (Å²) < 4.78 is 54.7. The van der Waals surface area contributed by atoms with Crippen molar-refractivity contribution in [1.82, 2.24) is 40.6 Å². The molecule has 1 atom stereocenters. The number of tetrazole rings is 1. The highest BCUT2D eigenvalue weighted by atomic mass is 32.2. The number of aromatic amines is 3. The predicted molar refractivity (Wildman–Crippen MR) is 120 cm³/mol. The Bertz CT molecular complexity index is 1650. The molecule has 2 aromatic heterocycles. The van der Waals surface area contributed by atoms with Crippen molar-refractivity contribution >= 4 is 31.1 Å². The normalized spacial score (nSPS) is 16.9. The van der Waals surface area contributed by atoms with Gasteiger partial charge in [-0.3, -0.25) is 0 Å². The van der Waals surface area contributed by atoms with Gasteiger partial charge in [-0.15, -0.1) is 10.2 Å². The monoisotopic (exact) mass is 505 g/mol. The predicted octanol–water partition coefficient (Wildman–Crippen LogP) is -1.01. The first kappa shape index (κ1) is 22.4. The summed E-state index contributed by atoms with van der Waals surface area (Å²) in [6.07, 6.45) is 0.544. The second-order valence-corrected chi connectivity index (χ2v) is 10.9. The molecule has 1 aliphatic heterocycles. The van der Waals surface area contributed by atoms with E-state index in [4.69, 9.17) is 5.14 Å². The number of imidazole rings is 1. The topological polar surface area (TPSA) is 221 Å². The molecule has 0 radical (unpaired) electrons. The summed E-state index contributed by atoms with van der Waals surface area (Å²) in [6.45, 7) is 1.03. The molecule has 0 saturated carbocycles. The van der Waals surface area contributed by atoms with Crippen molar-refractivity contribution in [3.8, 4) is 22.5 Å². The third kappa shape index (κ3) is 3.90. The summed E-state index contributed by atoms with van der Waals surface area (Å²) in [5.41, 5.74) is 0.835. The van der Waals surface area contributed by atoms with Crippen molar-refractivity contribution in [2.75, 3.05) is 13.1 Å². The lowest BCUT2D eigenvalue weighted by Gasteiger charge is -2.18. The van der Waals surface area contributed by atoms with Gasteiger partial charge in [-0.2, -0.15) is 5.21 Å². The number of aromatic nitrogens is 6. The molecule has 2 aromatic carbocycles. The van der Waals surface area contributed by atoms with Gasteiger partial charge < -0.3 is 15.3 Å². The minimum atomic E-state index is -4.62. The smallest absolute Gasteiger partial charge is 0.315 e. The maximum absolute atomic E-state index is 13.3. The molecule has 3 heterocycles. The lowest BCUT2D eigenvalue weighted by molar-refractivity contribution is 0.555. The SMILES string of the molecule is NS(=O)(=O)c1c(S(=O)(=O)N[C@@H]2CCNC2)ccc(-c2cccc3[nH]c(=O)[nH]c23)c1-c1nn[nH]n1. The van der Waals surface area contributed by atoms with E-state index < -0.39 is 41.6 Å². The van der Waals surface area contributed by atoms with Crippen LogP contribution in [0.4, 0.5) is 0 Å². The Labute approximate surface area is 192 Å². The zero-order chi connectivity index (χ0) is 24.1. The van der Waals surface area contributed by atoms with E-state index in [0.29, 0.717) is 36.1 Å². The molecule has 14 nitrogen and oxygen atoms in total. The molecule has 16 heteroatoms. The van der Waals surface area contributed by atoms with Crippen LogP contribution in [0.1, 0.15) is 6.42 Å². The molecule has 4 aromatic rings. The number of hydrogen-bond acceptors (Lipinski definition) is 9. The average molecular weight is 506 g/mol. The molecule has 0 aliphatic carbocycles. The fourth-order valence-corrected chi connectivity index (χ4v) is 6.96. The third-order valence-electron chi connectivity index (χ3n) is 5.49. The van der Waals surface area contributed by atoms with Crippen LogP contribution < -0.4 is 20.9 Å². The van der Waals surface area contributed by atoms with Gasteiger partial charge in [0.25, 0.3) is 0 Å². The quantitative estimate of drug-likeness (QED) is 0.189. The van der Waals surface area contributed by atoms with Crippen LogP contribution in [0.3, 0.4) is 0 Å². The number of benzene rings is 2. The van der Waals surface area contributed by atoms with Crippen LogP contribution in [-0.4, -0.2) is 66.6 Å². The Morgan fingerprint density at radius 3 is 2.56 bits per heavy atom. The number of rotatable bonds is 6. The van der Waals surface area contributed by atoms with Crippen molar-refractivity contribution in [1.29, 1.82) is 0 Å². The molecule has 0 unspecified atom stereocenters. The molecule has 1 aliphatic rings. The molecular formula is C18H19N9O5S2. The van der Waals surface area contributed by atoms with E-state index in [-0.39, 0.29) is 17.0 Å². The molecule has 1 fully saturated rings. The maximum Gasteiger partial charge on any atom is 0.323 e. The van der Waals surface area contributed by atoms with E-state index in [0.717, 1.165) is 6.07 Å². The highest BCUT2D eigenvalue weighted by Crippen LogP contribution is 2.40. The van der Waals surface area contributed by atoms with Crippen molar-refractivity contribution in [3.63, 3.8) is 0 Å². The van der Waals surface area contributed by atoms with E-state index >= 15 is 0 Å². The zero-order valence-corrected chi connectivity index (χ0v) is 19.0. The van der Waals surface area contributed by atoms with Gasteiger partial charge in [0, 0.05) is 18.2 Å². The van der Waals surface area contributed by atoms with Gasteiger partial charge in [0.05, 0.1) is 16.6 Å². The number of fused-ring (bicyclic) bond motifs is 1. The first-order valence-corrected chi connectivity index (χ1v) is 13.1. The van der Waals surface area contributed by atoms with Gasteiger partial charge in [0.1, 0.15) is 9.79 Å². The fourth-order valence-electron chi connectivity index (χ4n) is 4.09. The number of para-hydroxylation sites is 1. The summed E-state index contributed by atoms with van der Waals surface area (Å²) in [6, 6.07) is 7.11. The Kier molecular flexibility index (Phi) is 5.33. The highest BCUT2D eigenvalue weighted by molar-refractivity contribution is 7.92. The van der Waals surface area contributed by atoms with E-state index in [1.54, 1.807) is 18.2 Å². The van der Waals surface area contributed by atoms with Crippen LogP contribution in [0, 0.1) is 0 Å². The van der Waals surface area contributed by atoms with Gasteiger partial charge in [0.15, 0.2) is 0 Å². The minimum Gasteiger partial charge on any atom is -0.315 e. The van der Waals surface area contributed by atoms with Gasteiger partial charge in [-0.05, 0) is 35.9 Å². The van der Waals surface area contributed by atoms with Crippen molar-refractivity contribution in [3.05, 3.63) is 40.8 Å². The van der Waals surface area contributed by atoms with E-state index in [1.807, 2.05) is 0 Å². The Balaban J connectivity index is 1.84. The number of sulfonamides is 2. The zero-order valence-electron chi connectivity index (χ0n) is 17.4. The van der Waals surface area contributed by atoms with Crippen molar-refractivity contribution in [2.45, 2.75) is 22.3 Å². The number of H-pyrrole nitrogens is 3. The van der Waals surface area contributed by atoms with E-state index in [2.05, 4.69) is 40.6 Å². The van der Waals surface area contributed by atoms with Crippen molar-refractivity contribution < 1.29 is 16.8 Å². The third-order valence-corrected chi connectivity index (χ3v) is 8.17. The van der Waals surface area contributed by atoms with Crippen LogP contribution in [-0.2, 0) is 20.0 Å². The second kappa shape index (κ2) is 8.10. The molecule has 0 bridgehead atoms. The lowest BCUT2D eigenvalue weighted by Crippen LogP contribution is -2.37. The summed E-state index contributed by atoms with van der Waals surface area (Å²) in [4.78, 5) is 16.0. The van der Waals surface area contributed by atoms with Crippen LogP contribution in [0.5, 0.6) is 0 Å². The Hall–Kier alpha value is -3.44. The molecule has 7 N–H and O–H groups in total. The fraction of sp³-hybridized carbons (Fsp3) is 0.222. The van der Waals surface area contributed by atoms with Crippen LogP contribution >= 0.6 is 0 Å². The molecule has 0 amide bonds. The van der Waals surface area contributed by atoms with Gasteiger partial charge in [-0.1, -0.05) is 18.2 Å². The Morgan fingerprint density at radius 2 is 1.88 bits per heavy atom. The Morgan fingerprint density at radius 1 is 1.06 bits per heavy atom. The van der Waals surface area contributed by atoms with Crippen molar-refractivity contribution in [2.24, 2.45) is 5.14 Å². The summed E-state index contributed by atoms with van der Waals surface area (Å²) >= 11 is 0. The minimum absolute atomic E-state index is 0.168. The first-order chi connectivity index (χ1) is 16.1. The van der Waals surface area contributed by atoms with Crippen LogP contribution in [0.15, 0.2) is 44.9 Å². The summed E-state index contributed by atoms with van der Waals surface area (Å²) in [5, 5.41) is 22.1.